The van der Waals surface area contributed by atoms with Crippen LogP contribution in [0.5, 0.6) is 5.75 Å². The molecular formula is C17H22FNO. The molecule has 0 heterocycles. The Kier molecular flexibility index (Phi) is 5.00. The van der Waals surface area contributed by atoms with E-state index in [4.69, 9.17) is 4.74 Å². The summed E-state index contributed by atoms with van der Waals surface area (Å²) >= 11 is 0. The third kappa shape index (κ3) is 3.50. The fraction of sp³-hybridized carbons (Fsp3) is 0.588. The lowest BCUT2D eigenvalue weighted by atomic mass is 9.73. The van der Waals surface area contributed by atoms with Crippen LogP contribution in [-0.4, -0.2) is 7.11 Å². The lowest BCUT2D eigenvalue weighted by Crippen LogP contribution is -2.23. The van der Waals surface area contributed by atoms with Crippen molar-refractivity contribution in [1.82, 2.24) is 0 Å². The van der Waals surface area contributed by atoms with Crippen molar-refractivity contribution in [3.8, 4) is 11.8 Å². The molecule has 20 heavy (non-hydrogen) atoms. The van der Waals surface area contributed by atoms with Crippen LogP contribution in [0.1, 0.15) is 50.5 Å². The summed E-state index contributed by atoms with van der Waals surface area (Å²) in [5.41, 5.74) is 0.576. The van der Waals surface area contributed by atoms with Crippen LogP contribution in [0.3, 0.4) is 0 Å². The zero-order valence-corrected chi connectivity index (χ0v) is 12.1. The molecule has 1 aromatic carbocycles. The van der Waals surface area contributed by atoms with Gasteiger partial charge in [-0.3, -0.25) is 0 Å². The van der Waals surface area contributed by atoms with E-state index in [2.05, 4.69) is 6.07 Å². The molecule has 0 bridgehead atoms. The van der Waals surface area contributed by atoms with Gasteiger partial charge in [0.05, 0.1) is 18.6 Å². The summed E-state index contributed by atoms with van der Waals surface area (Å²) < 4.78 is 18.7. The summed E-state index contributed by atoms with van der Waals surface area (Å²) in [6.07, 6.45) is 8.40. The highest BCUT2D eigenvalue weighted by Gasteiger charge is 2.30. The van der Waals surface area contributed by atoms with Crippen LogP contribution in [0.15, 0.2) is 18.2 Å². The van der Waals surface area contributed by atoms with Gasteiger partial charge in [0.2, 0.25) is 0 Å². The molecule has 0 N–H and O–H groups in total. The molecule has 2 nitrogen and oxygen atoms in total. The van der Waals surface area contributed by atoms with Crippen molar-refractivity contribution in [3.05, 3.63) is 29.6 Å². The quantitative estimate of drug-likeness (QED) is 0.805. The van der Waals surface area contributed by atoms with Crippen LogP contribution < -0.4 is 4.74 Å². The van der Waals surface area contributed by atoms with Gasteiger partial charge in [0, 0.05) is 0 Å². The van der Waals surface area contributed by atoms with Crippen molar-refractivity contribution in [2.24, 2.45) is 5.41 Å². The number of nitriles is 1. The van der Waals surface area contributed by atoms with Crippen LogP contribution in [-0.2, 0) is 6.42 Å². The molecule has 0 amide bonds. The van der Waals surface area contributed by atoms with E-state index < -0.39 is 0 Å². The maximum Gasteiger partial charge on any atom is 0.165 e. The van der Waals surface area contributed by atoms with Gasteiger partial charge >= 0.3 is 0 Å². The Morgan fingerprint density at radius 1 is 1.20 bits per heavy atom. The van der Waals surface area contributed by atoms with Gasteiger partial charge < -0.3 is 4.74 Å². The number of benzene rings is 1. The van der Waals surface area contributed by atoms with Crippen molar-refractivity contribution in [3.63, 3.8) is 0 Å². The first-order valence-electron chi connectivity index (χ1n) is 7.43. The number of hydrogen-bond acceptors (Lipinski definition) is 2. The second kappa shape index (κ2) is 6.74. The van der Waals surface area contributed by atoms with Crippen molar-refractivity contribution >= 4 is 0 Å². The van der Waals surface area contributed by atoms with Gasteiger partial charge in [-0.2, -0.15) is 5.26 Å². The molecule has 0 aromatic heterocycles. The number of ether oxygens (including phenoxy) is 1. The standard InChI is InChI=1S/C17H22FNO/c1-20-16-8-7-14(11-15(16)18)12-17(13-19)9-5-3-2-4-6-10-17/h7-8,11H,2-6,9-10,12H2,1H3. The van der Waals surface area contributed by atoms with Crippen molar-refractivity contribution in [2.75, 3.05) is 7.11 Å². The Balaban J connectivity index is 2.16. The van der Waals surface area contributed by atoms with Gasteiger partial charge in [0.15, 0.2) is 11.6 Å². The summed E-state index contributed by atoms with van der Waals surface area (Å²) in [5.74, 6) is -0.0821. The van der Waals surface area contributed by atoms with E-state index in [1.54, 1.807) is 6.07 Å². The molecule has 0 atom stereocenters. The van der Waals surface area contributed by atoms with Gasteiger partial charge in [0.25, 0.3) is 0 Å². The predicted molar refractivity (Wildman–Crippen MR) is 77.0 cm³/mol. The van der Waals surface area contributed by atoms with E-state index in [0.29, 0.717) is 6.42 Å². The lowest BCUT2D eigenvalue weighted by molar-refractivity contribution is 0.287. The largest absolute Gasteiger partial charge is 0.494 e. The Morgan fingerprint density at radius 2 is 1.85 bits per heavy atom. The lowest BCUT2D eigenvalue weighted by Gasteiger charge is -2.28. The Morgan fingerprint density at radius 3 is 2.40 bits per heavy atom. The molecule has 1 aliphatic rings. The van der Waals surface area contributed by atoms with E-state index in [1.165, 1.54) is 32.4 Å². The molecule has 1 fully saturated rings. The molecule has 0 aliphatic heterocycles. The summed E-state index contributed by atoms with van der Waals surface area (Å²) in [7, 11) is 1.46. The fourth-order valence-corrected chi connectivity index (χ4v) is 3.12. The highest BCUT2D eigenvalue weighted by molar-refractivity contribution is 5.30. The van der Waals surface area contributed by atoms with Crippen molar-refractivity contribution < 1.29 is 9.13 Å². The van der Waals surface area contributed by atoms with Crippen LogP contribution >= 0.6 is 0 Å². The number of hydrogen-bond donors (Lipinski definition) is 0. The predicted octanol–water partition coefficient (Wildman–Crippen LogP) is 4.63. The van der Waals surface area contributed by atoms with Crippen LogP contribution in [0.4, 0.5) is 4.39 Å². The molecule has 1 saturated carbocycles. The Bertz CT molecular complexity index is 484. The zero-order chi connectivity index (χ0) is 14.4. The first-order chi connectivity index (χ1) is 9.69. The average Bonchev–Trinajstić information content (AvgIpc) is 2.42. The first-order valence-corrected chi connectivity index (χ1v) is 7.43. The Labute approximate surface area is 120 Å². The summed E-state index contributed by atoms with van der Waals surface area (Å²) in [6.45, 7) is 0. The summed E-state index contributed by atoms with van der Waals surface area (Å²) in [6, 6.07) is 7.56. The minimum absolute atomic E-state index is 0.262. The van der Waals surface area contributed by atoms with E-state index in [1.807, 2.05) is 6.07 Å². The van der Waals surface area contributed by atoms with Gasteiger partial charge in [-0.1, -0.05) is 38.2 Å². The minimum atomic E-state index is -0.344. The smallest absolute Gasteiger partial charge is 0.165 e. The van der Waals surface area contributed by atoms with Gasteiger partial charge in [-0.15, -0.1) is 0 Å². The highest BCUT2D eigenvalue weighted by Crippen LogP contribution is 2.37. The zero-order valence-electron chi connectivity index (χ0n) is 12.1. The number of methoxy groups -OCH3 is 1. The monoisotopic (exact) mass is 275 g/mol. The molecule has 0 saturated heterocycles. The molecule has 0 radical (unpaired) electrons. The highest BCUT2D eigenvalue weighted by atomic mass is 19.1. The van der Waals surface area contributed by atoms with E-state index in [9.17, 15) is 9.65 Å². The van der Waals surface area contributed by atoms with E-state index in [-0.39, 0.29) is 17.0 Å². The van der Waals surface area contributed by atoms with Gasteiger partial charge in [-0.25, -0.2) is 4.39 Å². The number of halogens is 1. The van der Waals surface area contributed by atoms with Gasteiger partial charge in [0.1, 0.15) is 0 Å². The molecule has 3 heteroatoms. The van der Waals surface area contributed by atoms with E-state index >= 15 is 0 Å². The molecule has 0 unspecified atom stereocenters. The van der Waals surface area contributed by atoms with Crippen LogP contribution in [0, 0.1) is 22.6 Å². The minimum Gasteiger partial charge on any atom is -0.494 e. The van der Waals surface area contributed by atoms with Crippen molar-refractivity contribution in [1.29, 1.82) is 5.26 Å². The normalized spacial score (nSPS) is 18.6. The third-order valence-corrected chi connectivity index (χ3v) is 4.31. The van der Waals surface area contributed by atoms with Crippen LogP contribution in [0.25, 0.3) is 0 Å². The SMILES string of the molecule is COc1ccc(CC2(C#N)CCCCCCC2)cc1F. The summed E-state index contributed by atoms with van der Waals surface area (Å²) in [4.78, 5) is 0. The van der Waals surface area contributed by atoms with Gasteiger partial charge in [-0.05, 0) is 37.0 Å². The maximum atomic E-state index is 13.8. The molecular weight excluding hydrogens is 253 g/mol. The molecule has 2 rings (SSSR count). The first kappa shape index (κ1) is 14.8. The maximum absolute atomic E-state index is 13.8. The van der Waals surface area contributed by atoms with Crippen molar-refractivity contribution in [2.45, 2.75) is 51.4 Å². The van der Waals surface area contributed by atoms with E-state index in [0.717, 1.165) is 31.2 Å². The fourth-order valence-electron chi connectivity index (χ4n) is 3.12. The average molecular weight is 275 g/mol. The molecule has 1 aromatic rings. The topological polar surface area (TPSA) is 33.0 Å². The molecule has 0 spiro atoms. The number of rotatable bonds is 3. The molecule has 108 valence electrons. The number of nitrogens with zero attached hydrogens (tertiary/aromatic N) is 1. The van der Waals surface area contributed by atoms with Crippen LogP contribution in [0.2, 0.25) is 0 Å². The second-order valence-corrected chi connectivity index (χ2v) is 5.81. The summed E-state index contributed by atoms with van der Waals surface area (Å²) in [5, 5.41) is 9.62. The third-order valence-electron chi connectivity index (χ3n) is 4.31. The Hall–Kier alpha value is -1.56. The second-order valence-electron chi connectivity index (χ2n) is 5.81. The molecule has 1 aliphatic carbocycles.